The minimum absolute atomic E-state index is 0.0379. The second kappa shape index (κ2) is 7.36. The van der Waals surface area contributed by atoms with Gasteiger partial charge in [-0.3, -0.25) is 4.79 Å². The molecule has 3 nitrogen and oxygen atoms in total. The SMILES string of the molecule is CCCC1(C(=O)NCc2cc(Br)ccc2F)CCCNC1. The summed E-state index contributed by atoms with van der Waals surface area (Å²) >= 11 is 3.33. The Kier molecular flexibility index (Phi) is 5.76. The van der Waals surface area contributed by atoms with E-state index in [1.54, 1.807) is 12.1 Å². The molecule has 5 heteroatoms. The quantitative estimate of drug-likeness (QED) is 0.848. The van der Waals surface area contributed by atoms with Crippen LogP contribution in [-0.4, -0.2) is 19.0 Å². The number of carbonyl (C=O) groups excluding carboxylic acids is 1. The van der Waals surface area contributed by atoms with Gasteiger partial charge in [0.15, 0.2) is 0 Å². The molecule has 0 bridgehead atoms. The first-order valence-electron chi connectivity index (χ1n) is 7.50. The molecule has 1 unspecified atom stereocenters. The fourth-order valence-electron chi connectivity index (χ4n) is 3.01. The average Bonchev–Trinajstić information content (AvgIpc) is 2.49. The number of benzene rings is 1. The number of hydrogen-bond acceptors (Lipinski definition) is 2. The molecule has 1 aliphatic rings. The van der Waals surface area contributed by atoms with Crippen LogP contribution in [0.15, 0.2) is 22.7 Å². The first kappa shape index (κ1) is 16.4. The molecule has 0 aliphatic carbocycles. The van der Waals surface area contributed by atoms with E-state index >= 15 is 0 Å². The van der Waals surface area contributed by atoms with Crippen LogP contribution in [0, 0.1) is 11.2 Å². The van der Waals surface area contributed by atoms with Crippen LogP contribution in [0.4, 0.5) is 4.39 Å². The van der Waals surface area contributed by atoms with Gasteiger partial charge in [0.2, 0.25) is 5.91 Å². The van der Waals surface area contributed by atoms with Gasteiger partial charge in [0.05, 0.1) is 5.41 Å². The predicted molar refractivity (Wildman–Crippen MR) is 85.4 cm³/mol. The van der Waals surface area contributed by atoms with Crippen LogP contribution in [0.2, 0.25) is 0 Å². The first-order chi connectivity index (χ1) is 10.1. The lowest BCUT2D eigenvalue weighted by Gasteiger charge is -2.36. The van der Waals surface area contributed by atoms with Crippen LogP contribution in [0.1, 0.15) is 38.2 Å². The number of rotatable bonds is 5. The number of carbonyl (C=O) groups is 1. The zero-order chi connectivity index (χ0) is 15.3. The van der Waals surface area contributed by atoms with Crippen LogP contribution in [0.5, 0.6) is 0 Å². The Hall–Kier alpha value is -0.940. The Morgan fingerprint density at radius 1 is 1.52 bits per heavy atom. The Bertz CT molecular complexity index is 496. The summed E-state index contributed by atoms with van der Waals surface area (Å²) in [6, 6.07) is 4.78. The van der Waals surface area contributed by atoms with E-state index < -0.39 is 0 Å². The molecule has 0 spiro atoms. The fourth-order valence-corrected chi connectivity index (χ4v) is 3.42. The molecule has 1 fully saturated rings. The van der Waals surface area contributed by atoms with E-state index in [2.05, 4.69) is 33.5 Å². The molecule has 0 radical (unpaired) electrons. The highest BCUT2D eigenvalue weighted by molar-refractivity contribution is 9.10. The van der Waals surface area contributed by atoms with Gasteiger partial charge in [0, 0.05) is 23.1 Å². The summed E-state index contributed by atoms with van der Waals surface area (Å²) < 4.78 is 14.5. The number of hydrogen-bond donors (Lipinski definition) is 2. The molecular formula is C16H22BrFN2O. The van der Waals surface area contributed by atoms with Gasteiger partial charge in [-0.25, -0.2) is 4.39 Å². The van der Waals surface area contributed by atoms with Gasteiger partial charge < -0.3 is 10.6 Å². The maximum absolute atomic E-state index is 13.7. The predicted octanol–water partition coefficient (Wildman–Crippen LogP) is 3.37. The van der Waals surface area contributed by atoms with E-state index in [1.165, 1.54) is 6.07 Å². The van der Waals surface area contributed by atoms with E-state index in [9.17, 15) is 9.18 Å². The molecule has 1 heterocycles. The molecule has 1 atom stereocenters. The van der Waals surface area contributed by atoms with Crippen molar-refractivity contribution >= 4 is 21.8 Å². The van der Waals surface area contributed by atoms with E-state index in [1.807, 2.05) is 0 Å². The smallest absolute Gasteiger partial charge is 0.227 e. The summed E-state index contributed by atoms with van der Waals surface area (Å²) in [5.74, 6) is -0.249. The van der Waals surface area contributed by atoms with Crippen molar-refractivity contribution in [1.82, 2.24) is 10.6 Å². The van der Waals surface area contributed by atoms with Gasteiger partial charge in [-0.15, -0.1) is 0 Å². The molecule has 1 aromatic rings. The van der Waals surface area contributed by atoms with E-state index in [0.29, 0.717) is 12.1 Å². The van der Waals surface area contributed by atoms with Gasteiger partial charge in [0.1, 0.15) is 5.82 Å². The molecule has 0 saturated carbocycles. The maximum atomic E-state index is 13.7. The van der Waals surface area contributed by atoms with Gasteiger partial charge >= 0.3 is 0 Å². The number of halogens is 2. The monoisotopic (exact) mass is 356 g/mol. The Balaban J connectivity index is 2.03. The Labute approximate surface area is 133 Å². The fraction of sp³-hybridized carbons (Fsp3) is 0.562. The molecule has 1 aliphatic heterocycles. The summed E-state index contributed by atoms with van der Waals surface area (Å²) in [6.07, 6.45) is 3.76. The molecule has 21 heavy (non-hydrogen) atoms. The summed E-state index contributed by atoms with van der Waals surface area (Å²) in [5, 5.41) is 6.24. The normalized spacial score (nSPS) is 22.0. The van der Waals surface area contributed by atoms with Crippen molar-refractivity contribution in [1.29, 1.82) is 0 Å². The summed E-state index contributed by atoms with van der Waals surface area (Å²) in [5.41, 5.74) is 0.170. The van der Waals surface area contributed by atoms with Crippen molar-refractivity contribution in [2.24, 2.45) is 5.41 Å². The lowest BCUT2D eigenvalue weighted by molar-refractivity contribution is -0.132. The molecule has 1 amide bonds. The van der Waals surface area contributed by atoms with E-state index in [-0.39, 0.29) is 23.7 Å². The average molecular weight is 357 g/mol. The topological polar surface area (TPSA) is 41.1 Å². The van der Waals surface area contributed by atoms with Crippen molar-refractivity contribution in [3.63, 3.8) is 0 Å². The highest BCUT2D eigenvalue weighted by Gasteiger charge is 2.38. The zero-order valence-electron chi connectivity index (χ0n) is 12.3. The maximum Gasteiger partial charge on any atom is 0.227 e. The highest BCUT2D eigenvalue weighted by Crippen LogP contribution is 2.32. The van der Waals surface area contributed by atoms with Gasteiger partial charge in [0.25, 0.3) is 0 Å². The van der Waals surface area contributed by atoms with Crippen molar-refractivity contribution in [3.05, 3.63) is 34.1 Å². The first-order valence-corrected chi connectivity index (χ1v) is 8.30. The molecule has 1 aromatic carbocycles. The molecule has 116 valence electrons. The summed E-state index contributed by atoms with van der Waals surface area (Å²) in [7, 11) is 0. The highest BCUT2D eigenvalue weighted by atomic mass is 79.9. The van der Waals surface area contributed by atoms with Gasteiger partial charge in [-0.2, -0.15) is 0 Å². The summed E-state index contributed by atoms with van der Waals surface area (Å²) in [6.45, 7) is 4.01. The Morgan fingerprint density at radius 2 is 2.33 bits per heavy atom. The van der Waals surface area contributed by atoms with Crippen LogP contribution >= 0.6 is 15.9 Å². The minimum Gasteiger partial charge on any atom is -0.351 e. The third kappa shape index (κ3) is 4.04. The lowest BCUT2D eigenvalue weighted by atomic mass is 9.76. The van der Waals surface area contributed by atoms with Gasteiger partial charge in [-0.1, -0.05) is 29.3 Å². The van der Waals surface area contributed by atoms with E-state index in [0.717, 1.165) is 36.7 Å². The number of piperidine rings is 1. The minimum atomic E-state index is -0.338. The zero-order valence-corrected chi connectivity index (χ0v) is 13.9. The van der Waals surface area contributed by atoms with Crippen molar-refractivity contribution in [2.45, 2.75) is 39.2 Å². The molecule has 2 N–H and O–H groups in total. The second-order valence-corrected chi connectivity index (χ2v) is 6.64. The van der Waals surface area contributed by atoms with E-state index in [4.69, 9.17) is 0 Å². The number of nitrogens with one attached hydrogen (secondary N) is 2. The number of amides is 1. The third-order valence-electron chi connectivity index (χ3n) is 4.13. The van der Waals surface area contributed by atoms with Crippen LogP contribution < -0.4 is 10.6 Å². The summed E-state index contributed by atoms with van der Waals surface area (Å²) in [4.78, 5) is 12.6. The molecule has 2 rings (SSSR count). The van der Waals surface area contributed by atoms with Crippen LogP contribution in [0.25, 0.3) is 0 Å². The third-order valence-corrected chi connectivity index (χ3v) is 4.62. The largest absolute Gasteiger partial charge is 0.351 e. The molecule has 0 aromatic heterocycles. The van der Waals surface area contributed by atoms with Gasteiger partial charge in [-0.05, 0) is 44.0 Å². The van der Waals surface area contributed by atoms with Crippen LogP contribution in [0.3, 0.4) is 0 Å². The van der Waals surface area contributed by atoms with Crippen molar-refractivity contribution < 1.29 is 9.18 Å². The van der Waals surface area contributed by atoms with Crippen LogP contribution in [-0.2, 0) is 11.3 Å². The second-order valence-electron chi connectivity index (χ2n) is 5.73. The van der Waals surface area contributed by atoms with Crippen molar-refractivity contribution in [2.75, 3.05) is 13.1 Å². The lowest BCUT2D eigenvalue weighted by Crippen LogP contribution is -2.50. The molecular weight excluding hydrogens is 335 g/mol. The Morgan fingerprint density at radius 3 is 3.00 bits per heavy atom. The molecule has 1 saturated heterocycles. The standard InChI is InChI=1S/C16H22BrFN2O/c1-2-6-16(7-3-8-19-11-16)15(21)20-10-12-9-13(17)4-5-14(12)18/h4-5,9,19H,2-3,6-8,10-11H2,1H3,(H,20,21). The van der Waals surface area contributed by atoms with Crippen molar-refractivity contribution in [3.8, 4) is 0 Å².